The van der Waals surface area contributed by atoms with Crippen molar-refractivity contribution in [2.75, 3.05) is 0 Å². The maximum Gasteiger partial charge on any atom is 0.133 e. The van der Waals surface area contributed by atoms with E-state index in [9.17, 15) is 4.79 Å². The smallest absolute Gasteiger partial charge is 0.133 e. The van der Waals surface area contributed by atoms with E-state index in [1.54, 1.807) is 6.92 Å². The van der Waals surface area contributed by atoms with Crippen molar-refractivity contribution >= 4 is 17.4 Å². The number of carbonyl (C=O) groups is 1. The van der Waals surface area contributed by atoms with Gasteiger partial charge < -0.3 is 0 Å². The zero-order valence-corrected chi connectivity index (χ0v) is 11.2. The minimum atomic E-state index is 0.268. The quantitative estimate of drug-likeness (QED) is 0.780. The number of rotatable bonds is 4. The average Bonchev–Trinajstić information content (AvgIpc) is 3.19. The van der Waals surface area contributed by atoms with Gasteiger partial charge in [0.25, 0.3) is 0 Å². The van der Waals surface area contributed by atoms with Crippen LogP contribution in [-0.2, 0) is 4.79 Å². The SMILES string of the molecule is C=Cc1ccc(C2=CC=C(CC(C)=O)C3CC23)cc1. The predicted octanol–water partition coefficient (Wildman–Crippen LogP) is 4.27. The van der Waals surface area contributed by atoms with Gasteiger partial charge >= 0.3 is 0 Å². The van der Waals surface area contributed by atoms with E-state index in [-0.39, 0.29) is 5.78 Å². The summed E-state index contributed by atoms with van der Waals surface area (Å²) in [4.78, 5) is 11.2. The van der Waals surface area contributed by atoms with E-state index in [1.165, 1.54) is 23.1 Å². The van der Waals surface area contributed by atoms with Crippen LogP contribution in [0.1, 0.15) is 30.9 Å². The molecule has 1 nitrogen and oxygen atoms in total. The minimum Gasteiger partial charge on any atom is -0.300 e. The van der Waals surface area contributed by atoms with Gasteiger partial charge in [0.2, 0.25) is 0 Å². The summed E-state index contributed by atoms with van der Waals surface area (Å²) in [6.07, 6.45) is 8.06. The molecule has 2 atom stereocenters. The van der Waals surface area contributed by atoms with Crippen molar-refractivity contribution in [2.24, 2.45) is 11.8 Å². The van der Waals surface area contributed by atoms with Gasteiger partial charge in [0.05, 0.1) is 0 Å². The Morgan fingerprint density at radius 3 is 2.63 bits per heavy atom. The fourth-order valence-corrected chi connectivity index (χ4v) is 2.99. The highest BCUT2D eigenvalue weighted by atomic mass is 16.1. The van der Waals surface area contributed by atoms with Gasteiger partial charge in [-0.3, -0.25) is 4.79 Å². The average molecular weight is 250 g/mol. The molecule has 2 aliphatic rings. The Bertz CT molecular complexity index is 587. The summed E-state index contributed by atoms with van der Waals surface area (Å²) in [5, 5.41) is 0. The third-order valence-electron chi connectivity index (χ3n) is 4.08. The van der Waals surface area contributed by atoms with E-state index >= 15 is 0 Å². The molecule has 0 radical (unpaired) electrons. The second-order valence-corrected chi connectivity index (χ2v) is 5.52. The first-order chi connectivity index (χ1) is 9.19. The number of hydrogen-bond acceptors (Lipinski definition) is 1. The first-order valence-electron chi connectivity index (χ1n) is 6.82. The standard InChI is InChI=1S/C18H18O/c1-3-13-4-6-14(7-5-13)16-9-8-15(10-12(2)19)17-11-18(16)17/h3-9,17-18H,1,10-11H2,2H3. The Balaban J connectivity index is 1.86. The molecule has 0 aliphatic heterocycles. The number of Topliss-reactive ketones (excluding diaryl/α,β-unsaturated/α-hetero) is 1. The zero-order valence-electron chi connectivity index (χ0n) is 11.2. The predicted molar refractivity (Wildman–Crippen MR) is 79.5 cm³/mol. The van der Waals surface area contributed by atoms with Gasteiger partial charge in [0, 0.05) is 6.42 Å². The second-order valence-electron chi connectivity index (χ2n) is 5.52. The molecule has 1 heteroatoms. The number of fused-ring (bicyclic) bond motifs is 1. The van der Waals surface area contributed by atoms with E-state index in [1.807, 2.05) is 6.08 Å². The molecule has 0 aromatic heterocycles. The first kappa shape index (κ1) is 12.2. The first-order valence-corrected chi connectivity index (χ1v) is 6.82. The lowest BCUT2D eigenvalue weighted by atomic mass is 9.91. The fraction of sp³-hybridized carbons (Fsp3) is 0.278. The maximum atomic E-state index is 11.2. The number of ketones is 1. The van der Waals surface area contributed by atoms with Crippen molar-refractivity contribution in [3.8, 4) is 0 Å². The summed E-state index contributed by atoms with van der Waals surface area (Å²) >= 11 is 0. The van der Waals surface area contributed by atoms with E-state index < -0.39 is 0 Å². The van der Waals surface area contributed by atoms with Crippen LogP contribution in [0, 0.1) is 11.8 Å². The lowest BCUT2D eigenvalue weighted by Crippen LogP contribution is -2.01. The molecule has 0 amide bonds. The van der Waals surface area contributed by atoms with Crippen LogP contribution >= 0.6 is 0 Å². The third-order valence-corrected chi connectivity index (χ3v) is 4.08. The number of allylic oxidation sites excluding steroid dienone is 4. The summed E-state index contributed by atoms with van der Waals surface area (Å²) in [5.41, 5.74) is 5.20. The zero-order chi connectivity index (χ0) is 13.4. The van der Waals surface area contributed by atoms with Crippen LogP contribution in [0.4, 0.5) is 0 Å². The van der Waals surface area contributed by atoms with Crippen LogP contribution in [0.3, 0.4) is 0 Å². The molecule has 2 aliphatic carbocycles. The number of benzene rings is 1. The van der Waals surface area contributed by atoms with Crippen LogP contribution in [0.15, 0.2) is 48.6 Å². The molecule has 19 heavy (non-hydrogen) atoms. The van der Waals surface area contributed by atoms with Gasteiger partial charge in [-0.05, 0) is 41.9 Å². The van der Waals surface area contributed by atoms with Crippen LogP contribution in [0.2, 0.25) is 0 Å². The van der Waals surface area contributed by atoms with Gasteiger partial charge in [-0.15, -0.1) is 0 Å². The molecule has 1 fully saturated rings. The Labute approximate surface area is 114 Å². The molecule has 0 bridgehead atoms. The highest BCUT2D eigenvalue weighted by Crippen LogP contribution is 2.55. The Kier molecular flexibility index (Phi) is 2.98. The van der Waals surface area contributed by atoms with Crippen molar-refractivity contribution in [1.29, 1.82) is 0 Å². The molecule has 0 saturated heterocycles. The summed E-state index contributed by atoms with van der Waals surface area (Å²) in [6.45, 7) is 5.45. The van der Waals surface area contributed by atoms with E-state index in [2.05, 4.69) is 43.0 Å². The molecule has 0 N–H and O–H groups in total. The largest absolute Gasteiger partial charge is 0.300 e. The van der Waals surface area contributed by atoms with Gasteiger partial charge in [0.15, 0.2) is 0 Å². The summed E-state index contributed by atoms with van der Waals surface area (Å²) < 4.78 is 0. The summed E-state index contributed by atoms with van der Waals surface area (Å²) in [6, 6.07) is 8.55. The Hall–Kier alpha value is -1.89. The van der Waals surface area contributed by atoms with Gasteiger partial charge in [0.1, 0.15) is 5.78 Å². The van der Waals surface area contributed by atoms with E-state index in [0.717, 1.165) is 5.56 Å². The van der Waals surface area contributed by atoms with Crippen molar-refractivity contribution in [2.45, 2.75) is 19.8 Å². The topological polar surface area (TPSA) is 17.1 Å². The molecule has 1 saturated carbocycles. The number of hydrogen-bond donors (Lipinski definition) is 0. The molecule has 3 rings (SSSR count). The Morgan fingerprint density at radius 2 is 2.00 bits per heavy atom. The van der Waals surface area contributed by atoms with Crippen molar-refractivity contribution in [3.63, 3.8) is 0 Å². The highest BCUT2D eigenvalue weighted by molar-refractivity contribution is 5.81. The van der Waals surface area contributed by atoms with Crippen LogP contribution in [-0.4, -0.2) is 5.78 Å². The van der Waals surface area contributed by atoms with Crippen molar-refractivity contribution in [3.05, 3.63) is 59.7 Å². The van der Waals surface area contributed by atoms with Crippen LogP contribution in [0.25, 0.3) is 11.6 Å². The minimum absolute atomic E-state index is 0.268. The van der Waals surface area contributed by atoms with Crippen LogP contribution < -0.4 is 0 Å². The molecular weight excluding hydrogens is 232 g/mol. The second kappa shape index (κ2) is 4.65. The van der Waals surface area contributed by atoms with Gasteiger partial charge in [-0.1, -0.05) is 54.6 Å². The molecule has 96 valence electrons. The monoisotopic (exact) mass is 250 g/mol. The fourth-order valence-electron chi connectivity index (χ4n) is 2.99. The summed E-state index contributed by atoms with van der Waals surface area (Å²) in [7, 11) is 0. The van der Waals surface area contributed by atoms with Crippen molar-refractivity contribution < 1.29 is 4.79 Å². The normalized spacial score (nSPS) is 24.1. The van der Waals surface area contributed by atoms with Gasteiger partial charge in [-0.2, -0.15) is 0 Å². The van der Waals surface area contributed by atoms with E-state index in [4.69, 9.17) is 0 Å². The number of carbonyl (C=O) groups excluding carboxylic acids is 1. The molecule has 2 unspecified atom stereocenters. The van der Waals surface area contributed by atoms with Gasteiger partial charge in [-0.25, -0.2) is 0 Å². The van der Waals surface area contributed by atoms with Crippen molar-refractivity contribution in [1.82, 2.24) is 0 Å². The van der Waals surface area contributed by atoms with E-state index in [0.29, 0.717) is 18.3 Å². The van der Waals surface area contributed by atoms with Crippen LogP contribution in [0.5, 0.6) is 0 Å². The summed E-state index contributed by atoms with van der Waals surface area (Å²) in [5.74, 6) is 1.51. The molecular formula is C18H18O. The lowest BCUT2D eigenvalue weighted by Gasteiger charge is -2.14. The molecule has 1 aromatic carbocycles. The third kappa shape index (κ3) is 2.33. The molecule has 0 heterocycles. The maximum absolute atomic E-state index is 11.2. The molecule has 1 aromatic rings. The lowest BCUT2D eigenvalue weighted by molar-refractivity contribution is -0.116. The highest BCUT2D eigenvalue weighted by Gasteiger charge is 2.44. The Morgan fingerprint density at radius 1 is 1.26 bits per heavy atom. The molecule has 0 spiro atoms.